The van der Waals surface area contributed by atoms with Gasteiger partial charge in [-0.1, -0.05) is 50.5 Å². The standard InChI is InChI=1S/C37H49N7O5/c1-4-33(45)40-31(37(48)44-21-19-43(20-22-44)25-27-9-8-12-30(23-27)49-3)24-26-13-15-29(16-14-26)39-36(47)34(28-10-6-5-7-11-28)41-35(46)32-17-18-38-42(32)2/h8-9,12-18,23,28,31,34H,4-7,10-11,19-22,24-25H2,1-3H3,(H,39,47)(H,40,45)(H,41,46). The normalized spacial score (nSPS) is 16.8. The van der Waals surface area contributed by atoms with E-state index in [1.54, 1.807) is 45.5 Å². The van der Waals surface area contributed by atoms with Crippen molar-refractivity contribution in [2.75, 3.05) is 38.6 Å². The molecule has 49 heavy (non-hydrogen) atoms. The Hall–Kier alpha value is -4.71. The molecule has 1 aliphatic carbocycles. The molecule has 1 aromatic heterocycles. The molecule has 3 N–H and O–H groups in total. The summed E-state index contributed by atoms with van der Waals surface area (Å²) in [5.74, 6) is 0.00153. The van der Waals surface area contributed by atoms with Gasteiger partial charge in [0.05, 0.1) is 7.11 Å². The molecule has 2 aliphatic rings. The Labute approximate surface area is 288 Å². The van der Waals surface area contributed by atoms with Gasteiger partial charge in [-0.15, -0.1) is 0 Å². The van der Waals surface area contributed by atoms with E-state index in [0.29, 0.717) is 30.9 Å². The van der Waals surface area contributed by atoms with Crippen molar-refractivity contribution in [3.8, 4) is 5.75 Å². The van der Waals surface area contributed by atoms with Crippen LogP contribution in [0.25, 0.3) is 0 Å². The molecule has 1 aliphatic heterocycles. The lowest BCUT2D eigenvalue weighted by Crippen LogP contribution is -2.55. The molecule has 1 saturated heterocycles. The number of aryl methyl sites for hydroxylation is 1. The van der Waals surface area contributed by atoms with Gasteiger partial charge in [0.1, 0.15) is 23.5 Å². The molecule has 12 nitrogen and oxygen atoms in total. The van der Waals surface area contributed by atoms with Crippen LogP contribution in [-0.2, 0) is 34.4 Å². The average molecular weight is 672 g/mol. The van der Waals surface area contributed by atoms with Gasteiger partial charge < -0.3 is 25.6 Å². The van der Waals surface area contributed by atoms with Crippen molar-refractivity contribution in [3.63, 3.8) is 0 Å². The molecule has 5 rings (SSSR count). The van der Waals surface area contributed by atoms with Crippen LogP contribution in [0.3, 0.4) is 0 Å². The fraction of sp³-hybridized carbons (Fsp3) is 0.486. The molecular weight excluding hydrogens is 622 g/mol. The number of anilines is 1. The first-order chi connectivity index (χ1) is 23.7. The number of amides is 4. The minimum absolute atomic E-state index is 0.0443. The van der Waals surface area contributed by atoms with Crippen LogP contribution in [0.1, 0.15) is 67.1 Å². The number of hydrogen-bond acceptors (Lipinski definition) is 7. The van der Waals surface area contributed by atoms with Gasteiger partial charge >= 0.3 is 0 Å². The van der Waals surface area contributed by atoms with E-state index < -0.39 is 12.1 Å². The van der Waals surface area contributed by atoms with E-state index in [9.17, 15) is 19.2 Å². The third-order valence-electron chi connectivity index (χ3n) is 9.58. The average Bonchev–Trinajstić information content (AvgIpc) is 3.57. The van der Waals surface area contributed by atoms with Crippen molar-refractivity contribution in [2.45, 2.75) is 70.5 Å². The zero-order valence-electron chi connectivity index (χ0n) is 28.8. The number of methoxy groups -OCH3 is 1. The van der Waals surface area contributed by atoms with E-state index in [1.807, 2.05) is 35.2 Å². The van der Waals surface area contributed by atoms with Crippen LogP contribution in [0, 0.1) is 5.92 Å². The predicted molar refractivity (Wildman–Crippen MR) is 187 cm³/mol. The van der Waals surface area contributed by atoms with Gasteiger partial charge in [-0.05, 0) is 60.2 Å². The minimum atomic E-state index is -0.698. The van der Waals surface area contributed by atoms with Gasteiger partial charge in [-0.2, -0.15) is 5.10 Å². The maximum absolute atomic E-state index is 13.7. The number of ether oxygens (including phenoxy) is 1. The molecule has 12 heteroatoms. The summed E-state index contributed by atoms with van der Waals surface area (Å²) >= 11 is 0. The molecule has 0 radical (unpaired) electrons. The second kappa shape index (κ2) is 17.1. The lowest BCUT2D eigenvalue weighted by Gasteiger charge is -2.36. The summed E-state index contributed by atoms with van der Waals surface area (Å²) < 4.78 is 6.85. The van der Waals surface area contributed by atoms with Gasteiger partial charge in [0.25, 0.3) is 5.91 Å². The van der Waals surface area contributed by atoms with E-state index in [1.165, 1.54) is 4.68 Å². The van der Waals surface area contributed by atoms with Crippen molar-refractivity contribution in [1.82, 2.24) is 30.2 Å². The molecule has 2 atom stereocenters. The van der Waals surface area contributed by atoms with Crippen LogP contribution < -0.4 is 20.7 Å². The number of benzene rings is 2. The largest absolute Gasteiger partial charge is 0.497 e. The fourth-order valence-corrected chi connectivity index (χ4v) is 6.73. The SMILES string of the molecule is CCC(=O)NC(Cc1ccc(NC(=O)C(NC(=O)c2ccnn2C)C2CCCCC2)cc1)C(=O)N1CCN(Cc2cccc(OC)c2)CC1. The number of nitrogens with zero attached hydrogens (tertiary/aromatic N) is 4. The second-order valence-electron chi connectivity index (χ2n) is 13.0. The third kappa shape index (κ3) is 9.69. The smallest absolute Gasteiger partial charge is 0.270 e. The second-order valence-corrected chi connectivity index (χ2v) is 13.0. The molecule has 3 aromatic rings. The van der Waals surface area contributed by atoms with Gasteiger partial charge in [-0.25, -0.2) is 0 Å². The molecule has 262 valence electrons. The van der Waals surface area contributed by atoms with Gasteiger partial charge in [0.2, 0.25) is 17.7 Å². The van der Waals surface area contributed by atoms with E-state index >= 15 is 0 Å². The van der Waals surface area contributed by atoms with Crippen LogP contribution in [0.2, 0.25) is 0 Å². The van der Waals surface area contributed by atoms with Crippen LogP contribution >= 0.6 is 0 Å². The van der Waals surface area contributed by atoms with E-state index in [-0.39, 0.29) is 36.0 Å². The lowest BCUT2D eigenvalue weighted by molar-refractivity contribution is -0.138. The fourth-order valence-electron chi connectivity index (χ4n) is 6.73. The van der Waals surface area contributed by atoms with Crippen LogP contribution in [-0.4, -0.2) is 88.6 Å². The summed E-state index contributed by atoms with van der Waals surface area (Å²) in [6, 6.07) is 15.6. The Morgan fingerprint density at radius 1 is 0.918 bits per heavy atom. The number of nitrogens with one attached hydrogen (secondary N) is 3. The number of carbonyl (C=O) groups excluding carboxylic acids is 4. The first-order valence-electron chi connectivity index (χ1n) is 17.4. The van der Waals surface area contributed by atoms with E-state index in [0.717, 1.165) is 68.6 Å². The highest BCUT2D eigenvalue weighted by Crippen LogP contribution is 2.28. The molecule has 0 bridgehead atoms. The summed E-state index contributed by atoms with van der Waals surface area (Å²) in [6.45, 7) is 5.16. The highest BCUT2D eigenvalue weighted by atomic mass is 16.5. The molecule has 2 fully saturated rings. The van der Waals surface area contributed by atoms with E-state index in [4.69, 9.17) is 4.74 Å². The van der Waals surface area contributed by atoms with Crippen LogP contribution in [0.5, 0.6) is 5.75 Å². The monoisotopic (exact) mass is 671 g/mol. The van der Waals surface area contributed by atoms with Crippen LogP contribution in [0.15, 0.2) is 60.8 Å². The first kappa shape index (κ1) is 35.6. The highest BCUT2D eigenvalue weighted by Gasteiger charge is 2.32. The molecule has 0 spiro atoms. The number of aromatic nitrogens is 2. The molecule has 2 unspecified atom stereocenters. The third-order valence-corrected chi connectivity index (χ3v) is 9.58. The highest BCUT2D eigenvalue weighted by molar-refractivity contribution is 6.00. The maximum atomic E-state index is 13.7. The van der Waals surface area contributed by atoms with Crippen molar-refractivity contribution in [1.29, 1.82) is 0 Å². The summed E-state index contributed by atoms with van der Waals surface area (Å²) in [6.07, 6.45) is 7.10. The van der Waals surface area contributed by atoms with E-state index in [2.05, 4.69) is 32.0 Å². The molecule has 4 amide bonds. The zero-order chi connectivity index (χ0) is 34.8. The summed E-state index contributed by atoms with van der Waals surface area (Å²) in [5.41, 5.74) is 3.01. The number of hydrogen-bond donors (Lipinski definition) is 3. The maximum Gasteiger partial charge on any atom is 0.270 e. The van der Waals surface area contributed by atoms with Gasteiger partial charge in [0.15, 0.2) is 0 Å². The van der Waals surface area contributed by atoms with Crippen molar-refractivity contribution in [3.05, 3.63) is 77.6 Å². The van der Waals surface area contributed by atoms with Crippen molar-refractivity contribution in [2.24, 2.45) is 13.0 Å². The summed E-state index contributed by atoms with van der Waals surface area (Å²) in [5, 5.41) is 13.0. The van der Waals surface area contributed by atoms with Gasteiger partial charge in [0, 0.05) is 64.5 Å². The topological polar surface area (TPSA) is 138 Å². The number of carbonyl (C=O) groups is 4. The molecule has 2 aromatic carbocycles. The number of piperazine rings is 1. The Bertz CT molecular complexity index is 1580. The van der Waals surface area contributed by atoms with Crippen LogP contribution in [0.4, 0.5) is 5.69 Å². The Morgan fingerprint density at radius 2 is 1.65 bits per heavy atom. The molecule has 2 heterocycles. The molecular formula is C37H49N7O5. The Kier molecular flexibility index (Phi) is 12.4. The van der Waals surface area contributed by atoms with Crippen molar-refractivity contribution < 1.29 is 23.9 Å². The zero-order valence-corrected chi connectivity index (χ0v) is 28.8. The summed E-state index contributed by atoms with van der Waals surface area (Å²) in [4.78, 5) is 57.0. The molecule has 1 saturated carbocycles. The predicted octanol–water partition coefficient (Wildman–Crippen LogP) is 3.53. The first-order valence-corrected chi connectivity index (χ1v) is 17.4. The Balaban J connectivity index is 1.19. The Morgan fingerprint density at radius 3 is 2.31 bits per heavy atom. The van der Waals surface area contributed by atoms with Gasteiger partial charge in [-0.3, -0.25) is 28.8 Å². The quantitative estimate of drug-likeness (QED) is 0.253. The number of rotatable bonds is 13. The lowest BCUT2D eigenvalue weighted by atomic mass is 9.83. The summed E-state index contributed by atoms with van der Waals surface area (Å²) in [7, 11) is 3.36. The van der Waals surface area contributed by atoms with Crippen molar-refractivity contribution >= 4 is 29.3 Å². The minimum Gasteiger partial charge on any atom is -0.497 e.